The first-order chi connectivity index (χ1) is 16.0. The van der Waals surface area contributed by atoms with Crippen LogP contribution in [0.25, 0.3) is 0 Å². The molecule has 0 aromatic carbocycles. The molecule has 1 saturated carbocycles. The molecule has 33 heavy (non-hydrogen) atoms. The summed E-state index contributed by atoms with van der Waals surface area (Å²) in [7, 11) is 0. The van der Waals surface area contributed by atoms with Gasteiger partial charge in [0.15, 0.2) is 0 Å². The Morgan fingerprint density at radius 3 is 2.21 bits per heavy atom. The van der Waals surface area contributed by atoms with Crippen molar-refractivity contribution in [3.63, 3.8) is 0 Å². The Balaban J connectivity index is 1.96. The van der Waals surface area contributed by atoms with E-state index in [2.05, 4.69) is 31.4 Å². The van der Waals surface area contributed by atoms with E-state index in [1.54, 1.807) is 0 Å². The van der Waals surface area contributed by atoms with Crippen LogP contribution in [0.2, 0.25) is 0 Å². The quantitative estimate of drug-likeness (QED) is 0.175. The highest BCUT2D eigenvalue weighted by atomic mass is 16.1. The summed E-state index contributed by atoms with van der Waals surface area (Å²) < 4.78 is 0. The molecule has 1 fully saturated rings. The Labute approximate surface area is 206 Å². The van der Waals surface area contributed by atoms with E-state index in [-0.39, 0.29) is 11.8 Å². The number of ketones is 1. The molecule has 5 heteroatoms. The van der Waals surface area contributed by atoms with Gasteiger partial charge in [0.1, 0.15) is 5.78 Å². The Morgan fingerprint density at radius 1 is 0.879 bits per heavy atom. The molecular weight excluding hydrogens is 408 g/mol. The molecule has 0 spiro atoms. The standard InChI is InChI=1S/C28H58N4O/c1-23(2)25-17-16-24(3)22-27(25)32-21-12-10-14-26(30)28(33)15-9-7-5-4-6-8-11-19-31-20-13-18-29/h23-27,31-32H,4-22,29-30H2,1-3H3/t24?,25-,26-,27?/m0/s1. The van der Waals surface area contributed by atoms with Crippen LogP contribution in [0.5, 0.6) is 0 Å². The lowest BCUT2D eigenvalue weighted by Crippen LogP contribution is -2.43. The minimum Gasteiger partial charge on any atom is -0.330 e. The number of carbonyl (C=O) groups is 1. The largest absolute Gasteiger partial charge is 0.330 e. The van der Waals surface area contributed by atoms with Gasteiger partial charge in [-0.1, -0.05) is 65.7 Å². The number of Topliss-reactive ketones (excluding diaryl/α,β-unsaturated/α-hetero) is 1. The first-order valence-electron chi connectivity index (χ1n) is 14.4. The molecule has 0 aromatic heterocycles. The van der Waals surface area contributed by atoms with Crippen molar-refractivity contribution in [2.75, 3.05) is 26.2 Å². The Kier molecular flexibility index (Phi) is 18.3. The summed E-state index contributed by atoms with van der Waals surface area (Å²) in [4.78, 5) is 12.3. The minimum absolute atomic E-state index is 0.255. The molecule has 0 heterocycles. The normalized spacial score (nSPS) is 22.1. The Hall–Kier alpha value is -0.490. The average molecular weight is 467 g/mol. The predicted octanol–water partition coefficient (Wildman–Crippen LogP) is 5.16. The zero-order valence-electron chi connectivity index (χ0n) is 22.4. The molecule has 0 amide bonds. The average Bonchev–Trinajstić information content (AvgIpc) is 2.79. The Bertz CT molecular complexity index is 471. The van der Waals surface area contributed by atoms with Gasteiger partial charge >= 0.3 is 0 Å². The van der Waals surface area contributed by atoms with Crippen LogP contribution >= 0.6 is 0 Å². The highest BCUT2D eigenvalue weighted by Crippen LogP contribution is 2.33. The number of nitrogens with one attached hydrogen (secondary N) is 2. The molecule has 0 aliphatic heterocycles. The summed E-state index contributed by atoms with van der Waals surface area (Å²) in [6, 6.07) is 0.414. The zero-order chi connectivity index (χ0) is 24.3. The van der Waals surface area contributed by atoms with Crippen molar-refractivity contribution in [1.29, 1.82) is 0 Å². The smallest absolute Gasteiger partial charge is 0.149 e. The second-order valence-electron chi connectivity index (χ2n) is 11.1. The van der Waals surface area contributed by atoms with E-state index >= 15 is 0 Å². The second-order valence-corrected chi connectivity index (χ2v) is 11.1. The van der Waals surface area contributed by atoms with Crippen molar-refractivity contribution in [3.8, 4) is 0 Å². The van der Waals surface area contributed by atoms with Crippen LogP contribution in [0, 0.1) is 17.8 Å². The van der Waals surface area contributed by atoms with Gasteiger partial charge < -0.3 is 22.1 Å². The molecule has 2 unspecified atom stereocenters. The molecule has 4 atom stereocenters. The van der Waals surface area contributed by atoms with Gasteiger partial charge in [0, 0.05) is 12.5 Å². The second kappa shape index (κ2) is 19.8. The predicted molar refractivity (Wildman–Crippen MR) is 143 cm³/mol. The number of hydrogen-bond acceptors (Lipinski definition) is 5. The van der Waals surface area contributed by atoms with Crippen LogP contribution in [-0.2, 0) is 4.79 Å². The fourth-order valence-electron chi connectivity index (χ4n) is 5.35. The number of hydrogen-bond donors (Lipinski definition) is 4. The lowest BCUT2D eigenvalue weighted by molar-refractivity contribution is -0.120. The van der Waals surface area contributed by atoms with Crippen LogP contribution in [-0.4, -0.2) is 44.0 Å². The summed E-state index contributed by atoms with van der Waals surface area (Å²) in [5.41, 5.74) is 11.7. The highest BCUT2D eigenvalue weighted by molar-refractivity contribution is 5.83. The first-order valence-corrected chi connectivity index (χ1v) is 14.4. The van der Waals surface area contributed by atoms with Gasteiger partial charge in [-0.3, -0.25) is 4.79 Å². The van der Waals surface area contributed by atoms with E-state index < -0.39 is 0 Å². The molecule has 1 aliphatic carbocycles. The fraction of sp³-hybridized carbons (Fsp3) is 0.964. The first kappa shape index (κ1) is 30.5. The van der Waals surface area contributed by atoms with Crippen molar-refractivity contribution in [3.05, 3.63) is 0 Å². The molecular formula is C28H58N4O. The van der Waals surface area contributed by atoms with Gasteiger partial charge in [0.05, 0.1) is 6.04 Å². The molecule has 0 aromatic rings. The molecule has 0 bridgehead atoms. The monoisotopic (exact) mass is 466 g/mol. The molecule has 196 valence electrons. The molecule has 5 nitrogen and oxygen atoms in total. The minimum atomic E-state index is -0.255. The van der Waals surface area contributed by atoms with Crippen LogP contribution in [0.15, 0.2) is 0 Å². The lowest BCUT2D eigenvalue weighted by Gasteiger charge is -2.38. The van der Waals surface area contributed by atoms with Crippen molar-refractivity contribution >= 4 is 5.78 Å². The SMILES string of the molecule is CC1CC[C@@H](C(C)C)C(NCCCC[C@H](N)C(=O)CCCCCCCCCNCCCN)C1. The van der Waals surface area contributed by atoms with Gasteiger partial charge in [0.2, 0.25) is 0 Å². The zero-order valence-corrected chi connectivity index (χ0v) is 22.4. The molecule has 6 N–H and O–H groups in total. The van der Waals surface area contributed by atoms with Crippen molar-refractivity contribution in [2.45, 2.75) is 129 Å². The molecule has 0 saturated heterocycles. The van der Waals surface area contributed by atoms with Gasteiger partial charge in [-0.15, -0.1) is 0 Å². The van der Waals surface area contributed by atoms with Crippen molar-refractivity contribution in [1.82, 2.24) is 10.6 Å². The summed E-state index contributed by atoms with van der Waals surface area (Å²) >= 11 is 0. The summed E-state index contributed by atoms with van der Waals surface area (Å²) in [5.74, 6) is 2.69. The van der Waals surface area contributed by atoms with Gasteiger partial charge in [-0.25, -0.2) is 0 Å². The third-order valence-corrected chi connectivity index (χ3v) is 7.62. The summed E-state index contributed by atoms with van der Waals surface area (Å²) in [6.45, 7) is 11.1. The maximum absolute atomic E-state index is 12.3. The number of rotatable bonds is 21. The van der Waals surface area contributed by atoms with Crippen LogP contribution in [0.4, 0.5) is 0 Å². The van der Waals surface area contributed by atoms with E-state index in [4.69, 9.17) is 11.5 Å². The number of carbonyl (C=O) groups excluding carboxylic acids is 1. The molecule has 1 rings (SSSR count). The maximum atomic E-state index is 12.3. The van der Waals surface area contributed by atoms with Crippen LogP contribution < -0.4 is 22.1 Å². The topological polar surface area (TPSA) is 93.2 Å². The number of unbranched alkanes of at least 4 members (excludes halogenated alkanes) is 7. The van der Waals surface area contributed by atoms with E-state index in [9.17, 15) is 4.79 Å². The van der Waals surface area contributed by atoms with Gasteiger partial charge in [-0.2, -0.15) is 0 Å². The van der Waals surface area contributed by atoms with E-state index in [1.807, 2.05) is 0 Å². The van der Waals surface area contributed by atoms with Crippen molar-refractivity contribution in [2.24, 2.45) is 29.2 Å². The summed E-state index contributed by atoms with van der Waals surface area (Å²) in [6.07, 6.45) is 17.4. The van der Waals surface area contributed by atoms with E-state index in [0.717, 1.165) is 82.5 Å². The van der Waals surface area contributed by atoms with E-state index in [0.29, 0.717) is 12.5 Å². The van der Waals surface area contributed by atoms with Crippen LogP contribution in [0.1, 0.15) is 117 Å². The number of nitrogens with two attached hydrogens (primary N) is 2. The molecule has 0 radical (unpaired) electrons. The molecule has 1 aliphatic rings. The van der Waals surface area contributed by atoms with Crippen LogP contribution in [0.3, 0.4) is 0 Å². The third kappa shape index (κ3) is 15.2. The van der Waals surface area contributed by atoms with E-state index in [1.165, 1.54) is 51.4 Å². The third-order valence-electron chi connectivity index (χ3n) is 7.62. The van der Waals surface area contributed by atoms with Gasteiger partial charge in [-0.05, 0) is 88.9 Å². The lowest BCUT2D eigenvalue weighted by atomic mass is 9.74. The summed E-state index contributed by atoms with van der Waals surface area (Å²) in [5, 5.41) is 7.26. The Morgan fingerprint density at radius 2 is 1.52 bits per heavy atom. The maximum Gasteiger partial charge on any atom is 0.149 e. The van der Waals surface area contributed by atoms with Gasteiger partial charge in [0.25, 0.3) is 0 Å². The fourth-order valence-corrected chi connectivity index (χ4v) is 5.35. The highest BCUT2D eigenvalue weighted by Gasteiger charge is 2.29. The van der Waals surface area contributed by atoms with Crippen molar-refractivity contribution < 1.29 is 4.79 Å².